The van der Waals surface area contributed by atoms with Crippen LogP contribution in [0.2, 0.25) is 0 Å². The van der Waals surface area contributed by atoms with Gasteiger partial charge in [-0.2, -0.15) is 0 Å². The molecule has 0 spiro atoms. The number of hydrogen-bond donors (Lipinski definition) is 1. The molecular formula is C14H20BrN3O2. The van der Waals surface area contributed by atoms with Gasteiger partial charge in [-0.25, -0.2) is 0 Å². The molecule has 2 rings (SSSR count). The number of rotatable bonds is 5. The number of nitrogens with zero attached hydrogens (tertiary/aromatic N) is 2. The molecule has 1 fully saturated rings. The molecule has 1 aliphatic heterocycles. The lowest BCUT2D eigenvalue weighted by Crippen LogP contribution is -2.36. The summed E-state index contributed by atoms with van der Waals surface area (Å²) in [6.07, 6.45) is 2.38. The van der Waals surface area contributed by atoms with Crippen LogP contribution in [0, 0.1) is 16.0 Å². The summed E-state index contributed by atoms with van der Waals surface area (Å²) in [5, 5.41) is 14.2. The van der Waals surface area contributed by atoms with Crippen LogP contribution in [0.4, 0.5) is 5.69 Å². The third-order valence-corrected chi connectivity index (χ3v) is 4.76. The summed E-state index contributed by atoms with van der Waals surface area (Å²) in [6, 6.07) is 5.25. The molecule has 1 aromatic carbocycles. The van der Waals surface area contributed by atoms with Crippen molar-refractivity contribution in [3.63, 3.8) is 0 Å². The summed E-state index contributed by atoms with van der Waals surface area (Å²) < 4.78 is 0.613. The standard InChI is InChI=1S/C14H20BrN3O2/c1-16-9-11-5-7-17(8-6-11)10-12-3-2-4-13(14(12)15)18(19)20/h2-4,11,16H,5-10H2,1H3. The SMILES string of the molecule is CNCC1CCN(Cc2cccc([N+](=O)[O-])c2Br)CC1. The highest BCUT2D eigenvalue weighted by molar-refractivity contribution is 9.10. The van der Waals surface area contributed by atoms with Crippen molar-refractivity contribution in [3.8, 4) is 0 Å². The van der Waals surface area contributed by atoms with Gasteiger partial charge in [-0.05, 0) is 66.9 Å². The second-order valence-corrected chi connectivity index (χ2v) is 6.08. The summed E-state index contributed by atoms with van der Waals surface area (Å²) in [6.45, 7) is 3.96. The Bertz CT molecular complexity index is 473. The van der Waals surface area contributed by atoms with Crippen molar-refractivity contribution in [2.45, 2.75) is 19.4 Å². The molecule has 0 unspecified atom stereocenters. The molecule has 1 saturated heterocycles. The Labute approximate surface area is 127 Å². The average molecular weight is 342 g/mol. The van der Waals surface area contributed by atoms with Gasteiger partial charge in [0.05, 0.1) is 9.40 Å². The van der Waals surface area contributed by atoms with Gasteiger partial charge in [0.25, 0.3) is 5.69 Å². The molecule has 110 valence electrons. The van der Waals surface area contributed by atoms with Crippen LogP contribution in [0.5, 0.6) is 0 Å². The molecule has 0 amide bonds. The lowest BCUT2D eigenvalue weighted by Gasteiger charge is -2.32. The molecule has 5 nitrogen and oxygen atoms in total. The van der Waals surface area contributed by atoms with Crippen molar-refractivity contribution >= 4 is 21.6 Å². The van der Waals surface area contributed by atoms with E-state index in [-0.39, 0.29) is 10.6 Å². The predicted molar refractivity (Wildman–Crippen MR) is 82.7 cm³/mol. The smallest absolute Gasteiger partial charge is 0.283 e. The van der Waals surface area contributed by atoms with E-state index in [0.29, 0.717) is 4.47 Å². The first-order chi connectivity index (χ1) is 9.61. The van der Waals surface area contributed by atoms with Crippen LogP contribution >= 0.6 is 15.9 Å². The Hall–Kier alpha value is -0.980. The number of nitro benzene ring substituents is 1. The molecule has 20 heavy (non-hydrogen) atoms. The van der Waals surface area contributed by atoms with Crippen LogP contribution in [0.1, 0.15) is 18.4 Å². The van der Waals surface area contributed by atoms with E-state index < -0.39 is 0 Å². The fraction of sp³-hybridized carbons (Fsp3) is 0.571. The average Bonchev–Trinajstić information content (AvgIpc) is 2.43. The van der Waals surface area contributed by atoms with E-state index in [4.69, 9.17) is 0 Å². The summed E-state index contributed by atoms with van der Waals surface area (Å²) in [7, 11) is 1.99. The lowest BCUT2D eigenvalue weighted by molar-refractivity contribution is -0.385. The third-order valence-electron chi connectivity index (χ3n) is 3.85. The maximum Gasteiger partial charge on any atom is 0.283 e. The van der Waals surface area contributed by atoms with E-state index in [1.165, 1.54) is 18.9 Å². The van der Waals surface area contributed by atoms with Crippen molar-refractivity contribution < 1.29 is 4.92 Å². The van der Waals surface area contributed by atoms with Crippen molar-refractivity contribution in [2.24, 2.45) is 5.92 Å². The Kier molecular flexibility index (Phi) is 5.51. The fourth-order valence-corrected chi connectivity index (χ4v) is 3.24. The summed E-state index contributed by atoms with van der Waals surface area (Å²) in [4.78, 5) is 13.0. The topological polar surface area (TPSA) is 58.4 Å². The lowest BCUT2D eigenvalue weighted by atomic mass is 9.96. The molecule has 6 heteroatoms. The van der Waals surface area contributed by atoms with Gasteiger partial charge in [0.2, 0.25) is 0 Å². The quantitative estimate of drug-likeness (QED) is 0.660. The zero-order valence-corrected chi connectivity index (χ0v) is 13.2. The molecule has 0 aromatic heterocycles. The van der Waals surface area contributed by atoms with E-state index >= 15 is 0 Å². The number of nitrogens with one attached hydrogen (secondary N) is 1. The van der Waals surface area contributed by atoms with E-state index in [0.717, 1.165) is 37.7 Å². The van der Waals surface area contributed by atoms with Crippen molar-refractivity contribution in [1.29, 1.82) is 0 Å². The highest BCUT2D eigenvalue weighted by Crippen LogP contribution is 2.30. The first-order valence-electron chi connectivity index (χ1n) is 6.90. The normalized spacial score (nSPS) is 17.3. The number of hydrogen-bond acceptors (Lipinski definition) is 4. The maximum absolute atomic E-state index is 10.9. The number of benzene rings is 1. The third kappa shape index (κ3) is 3.77. The second kappa shape index (κ2) is 7.15. The molecule has 1 aromatic rings. The van der Waals surface area contributed by atoms with Crippen molar-refractivity contribution in [1.82, 2.24) is 10.2 Å². The zero-order valence-electron chi connectivity index (χ0n) is 11.6. The largest absolute Gasteiger partial charge is 0.319 e. The van der Waals surface area contributed by atoms with Crippen molar-refractivity contribution in [2.75, 3.05) is 26.7 Å². The van der Waals surface area contributed by atoms with Gasteiger partial charge in [0.1, 0.15) is 0 Å². The highest BCUT2D eigenvalue weighted by atomic mass is 79.9. The Morgan fingerprint density at radius 3 is 2.75 bits per heavy atom. The number of halogens is 1. The van der Waals surface area contributed by atoms with Crippen molar-refractivity contribution in [3.05, 3.63) is 38.3 Å². The van der Waals surface area contributed by atoms with E-state index in [1.807, 2.05) is 13.1 Å². The molecule has 0 bridgehead atoms. The van der Waals surface area contributed by atoms with E-state index in [1.54, 1.807) is 6.07 Å². The molecule has 1 N–H and O–H groups in total. The molecular weight excluding hydrogens is 322 g/mol. The van der Waals surface area contributed by atoms with Gasteiger partial charge in [-0.1, -0.05) is 12.1 Å². The van der Waals surface area contributed by atoms with Gasteiger partial charge >= 0.3 is 0 Å². The summed E-state index contributed by atoms with van der Waals surface area (Å²) in [5.74, 6) is 0.754. The van der Waals surface area contributed by atoms with Crippen LogP contribution in [0.3, 0.4) is 0 Å². The monoisotopic (exact) mass is 341 g/mol. The van der Waals surface area contributed by atoms with Crippen LogP contribution < -0.4 is 5.32 Å². The molecule has 1 heterocycles. The number of likely N-dealkylation sites (tertiary alicyclic amines) is 1. The Morgan fingerprint density at radius 2 is 2.15 bits per heavy atom. The van der Waals surface area contributed by atoms with E-state index in [9.17, 15) is 10.1 Å². The van der Waals surface area contributed by atoms with Gasteiger partial charge in [0.15, 0.2) is 0 Å². The molecule has 1 aliphatic rings. The second-order valence-electron chi connectivity index (χ2n) is 5.28. The summed E-state index contributed by atoms with van der Waals surface area (Å²) >= 11 is 3.37. The van der Waals surface area contributed by atoms with Crippen LogP contribution in [0.25, 0.3) is 0 Å². The number of nitro groups is 1. The summed E-state index contributed by atoms with van der Waals surface area (Å²) in [5.41, 5.74) is 1.14. The van der Waals surface area contributed by atoms with Gasteiger partial charge in [-0.15, -0.1) is 0 Å². The van der Waals surface area contributed by atoms with Crippen LogP contribution in [0.15, 0.2) is 22.7 Å². The minimum Gasteiger partial charge on any atom is -0.319 e. The molecule has 0 radical (unpaired) electrons. The highest BCUT2D eigenvalue weighted by Gasteiger charge is 2.21. The Balaban J connectivity index is 1.98. The molecule has 0 aliphatic carbocycles. The van der Waals surface area contributed by atoms with Crippen LogP contribution in [-0.4, -0.2) is 36.5 Å². The van der Waals surface area contributed by atoms with E-state index in [2.05, 4.69) is 26.1 Å². The number of piperidine rings is 1. The maximum atomic E-state index is 10.9. The van der Waals surface area contributed by atoms with Gasteiger partial charge in [0, 0.05) is 12.6 Å². The van der Waals surface area contributed by atoms with Crippen LogP contribution in [-0.2, 0) is 6.54 Å². The minimum absolute atomic E-state index is 0.146. The first kappa shape index (κ1) is 15.4. The predicted octanol–water partition coefficient (Wildman–Crippen LogP) is 2.79. The Morgan fingerprint density at radius 1 is 1.45 bits per heavy atom. The van der Waals surface area contributed by atoms with Gasteiger partial charge < -0.3 is 5.32 Å². The van der Waals surface area contributed by atoms with Gasteiger partial charge in [-0.3, -0.25) is 15.0 Å². The minimum atomic E-state index is -0.341. The molecule has 0 saturated carbocycles. The zero-order chi connectivity index (χ0) is 14.5. The molecule has 0 atom stereocenters. The fourth-order valence-electron chi connectivity index (χ4n) is 2.71. The first-order valence-corrected chi connectivity index (χ1v) is 7.70.